The molecule has 28 heavy (non-hydrogen) atoms. The number of carbonyl (C=O) groups excluding carboxylic acids is 1. The molecule has 0 fully saturated rings. The highest BCUT2D eigenvalue weighted by molar-refractivity contribution is 7.92. The van der Waals surface area contributed by atoms with Crippen LogP contribution in [0.4, 0.5) is 11.4 Å². The lowest BCUT2D eigenvalue weighted by Gasteiger charge is -2.20. The van der Waals surface area contributed by atoms with Gasteiger partial charge in [0.25, 0.3) is 15.9 Å². The molecule has 2 N–H and O–H groups in total. The Kier molecular flexibility index (Phi) is 5.65. The molecule has 0 aromatic heterocycles. The Balaban J connectivity index is 1.70. The summed E-state index contributed by atoms with van der Waals surface area (Å²) in [6.45, 7) is 1.93. The number of para-hydroxylation sites is 1. The maximum atomic E-state index is 12.5. The number of nitrogens with one attached hydrogen (secondary N) is 2. The van der Waals surface area contributed by atoms with E-state index in [9.17, 15) is 13.2 Å². The Bertz CT molecular complexity index is 1050. The van der Waals surface area contributed by atoms with Gasteiger partial charge in [-0.1, -0.05) is 35.9 Å². The van der Waals surface area contributed by atoms with E-state index in [0.29, 0.717) is 11.3 Å². The molecule has 0 bridgehead atoms. The fraction of sp³-hybridized carbons (Fsp3) is 0.0952. The van der Waals surface area contributed by atoms with Gasteiger partial charge in [0.2, 0.25) is 0 Å². The number of amides is 1. The van der Waals surface area contributed by atoms with Gasteiger partial charge in [0.15, 0.2) is 0 Å². The first-order valence-corrected chi connectivity index (χ1v) is 10.1. The monoisotopic (exact) mass is 395 g/mol. The largest absolute Gasteiger partial charge is 0.288 e. The zero-order valence-corrected chi connectivity index (χ0v) is 16.4. The molecule has 0 aliphatic carbocycles. The zero-order chi connectivity index (χ0) is 20.1. The SMILES string of the molecule is Cc1ccc(NS(=O)(=O)c2ccc(C(=O)NN(C)c3ccccc3)cc2)cc1. The average Bonchev–Trinajstić information content (AvgIpc) is 2.70. The van der Waals surface area contributed by atoms with Gasteiger partial charge in [-0.2, -0.15) is 0 Å². The molecule has 0 saturated heterocycles. The number of rotatable bonds is 6. The Morgan fingerprint density at radius 2 is 1.46 bits per heavy atom. The minimum Gasteiger partial charge on any atom is -0.288 e. The van der Waals surface area contributed by atoms with E-state index in [0.717, 1.165) is 11.3 Å². The lowest BCUT2D eigenvalue weighted by Crippen LogP contribution is -2.39. The van der Waals surface area contributed by atoms with Crippen molar-refractivity contribution in [1.82, 2.24) is 5.43 Å². The number of hydrogen-bond donors (Lipinski definition) is 2. The molecule has 1 amide bonds. The van der Waals surface area contributed by atoms with Gasteiger partial charge >= 0.3 is 0 Å². The van der Waals surface area contributed by atoms with Gasteiger partial charge in [-0.3, -0.25) is 20.0 Å². The molecule has 0 spiro atoms. The van der Waals surface area contributed by atoms with Gasteiger partial charge < -0.3 is 0 Å². The van der Waals surface area contributed by atoms with Crippen molar-refractivity contribution in [3.63, 3.8) is 0 Å². The zero-order valence-electron chi connectivity index (χ0n) is 15.6. The van der Waals surface area contributed by atoms with Crippen LogP contribution in [0.25, 0.3) is 0 Å². The second kappa shape index (κ2) is 8.14. The minimum absolute atomic E-state index is 0.0843. The van der Waals surface area contributed by atoms with E-state index < -0.39 is 10.0 Å². The van der Waals surface area contributed by atoms with Gasteiger partial charge in [0.05, 0.1) is 10.6 Å². The summed E-state index contributed by atoms with van der Waals surface area (Å²) >= 11 is 0. The molecule has 6 nitrogen and oxygen atoms in total. The third kappa shape index (κ3) is 4.69. The lowest BCUT2D eigenvalue weighted by molar-refractivity contribution is 0.0951. The second-order valence-corrected chi connectivity index (χ2v) is 8.01. The van der Waals surface area contributed by atoms with E-state index in [-0.39, 0.29) is 10.8 Å². The Morgan fingerprint density at radius 3 is 2.07 bits per heavy atom. The van der Waals surface area contributed by atoms with Crippen LogP contribution in [0.5, 0.6) is 0 Å². The van der Waals surface area contributed by atoms with Crippen LogP contribution in [0.1, 0.15) is 15.9 Å². The number of aryl methyl sites for hydroxylation is 1. The summed E-state index contributed by atoms with van der Waals surface area (Å²) in [5.74, 6) is -0.332. The van der Waals surface area contributed by atoms with E-state index in [1.165, 1.54) is 24.3 Å². The highest BCUT2D eigenvalue weighted by Gasteiger charge is 2.16. The number of benzene rings is 3. The number of sulfonamides is 1. The first-order valence-electron chi connectivity index (χ1n) is 8.64. The summed E-state index contributed by atoms with van der Waals surface area (Å²) in [7, 11) is -1.99. The minimum atomic E-state index is -3.73. The number of anilines is 2. The van der Waals surface area contributed by atoms with Gasteiger partial charge in [-0.05, 0) is 55.5 Å². The van der Waals surface area contributed by atoms with Gasteiger partial charge in [0.1, 0.15) is 0 Å². The van der Waals surface area contributed by atoms with Crippen molar-refractivity contribution in [2.75, 3.05) is 16.8 Å². The summed E-state index contributed by atoms with van der Waals surface area (Å²) in [4.78, 5) is 12.5. The van der Waals surface area contributed by atoms with Crippen molar-refractivity contribution in [2.45, 2.75) is 11.8 Å². The Hall–Kier alpha value is -3.32. The predicted octanol–water partition coefficient (Wildman–Crippen LogP) is 3.58. The summed E-state index contributed by atoms with van der Waals surface area (Å²) < 4.78 is 27.5. The molecule has 3 rings (SSSR count). The summed E-state index contributed by atoms with van der Waals surface area (Å²) in [5, 5.41) is 1.60. The number of carbonyl (C=O) groups is 1. The van der Waals surface area contributed by atoms with Crippen LogP contribution in [0.2, 0.25) is 0 Å². The molecular weight excluding hydrogens is 374 g/mol. The Morgan fingerprint density at radius 1 is 0.857 bits per heavy atom. The molecule has 0 radical (unpaired) electrons. The van der Waals surface area contributed by atoms with Crippen LogP contribution in [0, 0.1) is 6.92 Å². The smallest absolute Gasteiger partial charge is 0.269 e. The highest BCUT2D eigenvalue weighted by atomic mass is 32.2. The van der Waals surface area contributed by atoms with Crippen LogP contribution >= 0.6 is 0 Å². The number of nitrogens with zero attached hydrogens (tertiary/aromatic N) is 1. The molecule has 0 atom stereocenters. The van der Waals surface area contributed by atoms with E-state index in [1.807, 2.05) is 49.4 Å². The lowest BCUT2D eigenvalue weighted by atomic mass is 10.2. The van der Waals surface area contributed by atoms with E-state index in [4.69, 9.17) is 0 Å². The van der Waals surface area contributed by atoms with Crippen LogP contribution in [-0.2, 0) is 10.0 Å². The van der Waals surface area contributed by atoms with Crippen LogP contribution < -0.4 is 15.2 Å². The molecule has 0 aliphatic rings. The maximum absolute atomic E-state index is 12.5. The molecule has 144 valence electrons. The fourth-order valence-electron chi connectivity index (χ4n) is 2.55. The van der Waals surface area contributed by atoms with Crippen molar-refractivity contribution in [3.8, 4) is 0 Å². The van der Waals surface area contributed by atoms with Crippen molar-refractivity contribution in [2.24, 2.45) is 0 Å². The maximum Gasteiger partial charge on any atom is 0.269 e. The van der Waals surface area contributed by atoms with Gasteiger partial charge in [-0.25, -0.2) is 8.42 Å². The van der Waals surface area contributed by atoms with E-state index in [2.05, 4.69) is 10.1 Å². The summed E-state index contributed by atoms with van der Waals surface area (Å²) in [6, 6.07) is 22.2. The van der Waals surface area contributed by atoms with Crippen LogP contribution in [-0.4, -0.2) is 21.4 Å². The topological polar surface area (TPSA) is 78.5 Å². The molecule has 0 saturated carbocycles. The third-order valence-electron chi connectivity index (χ3n) is 4.14. The van der Waals surface area contributed by atoms with Crippen molar-refractivity contribution < 1.29 is 13.2 Å². The normalized spacial score (nSPS) is 10.9. The Labute approximate surface area is 164 Å². The first kappa shape index (κ1) is 19.4. The van der Waals surface area contributed by atoms with Crippen molar-refractivity contribution >= 4 is 27.3 Å². The molecular formula is C21H21N3O3S. The molecule has 3 aromatic carbocycles. The second-order valence-electron chi connectivity index (χ2n) is 6.33. The van der Waals surface area contributed by atoms with E-state index in [1.54, 1.807) is 24.2 Å². The number of hydrazine groups is 1. The number of hydrogen-bond acceptors (Lipinski definition) is 4. The molecule has 0 heterocycles. The molecule has 0 unspecified atom stereocenters. The average molecular weight is 395 g/mol. The van der Waals surface area contributed by atoms with Crippen LogP contribution in [0.3, 0.4) is 0 Å². The molecule has 7 heteroatoms. The van der Waals surface area contributed by atoms with Gasteiger partial charge in [-0.15, -0.1) is 0 Å². The highest BCUT2D eigenvalue weighted by Crippen LogP contribution is 2.17. The standard InChI is InChI=1S/C21H21N3O3S/c1-16-8-12-18(13-9-16)23-28(26,27)20-14-10-17(11-15-20)21(25)22-24(2)19-6-4-3-5-7-19/h3-15,23H,1-2H3,(H,22,25). The summed E-state index contributed by atoms with van der Waals surface area (Å²) in [6.07, 6.45) is 0. The molecule has 3 aromatic rings. The van der Waals surface area contributed by atoms with Gasteiger partial charge in [0, 0.05) is 18.3 Å². The van der Waals surface area contributed by atoms with Crippen molar-refractivity contribution in [3.05, 3.63) is 90.0 Å². The summed E-state index contributed by atoms with van der Waals surface area (Å²) in [5.41, 5.74) is 5.46. The first-order chi connectivity index (χ1) is 13.3. The fourth-order valence-corrected chi connectivity index (χ4v) is 3.61. The van der Waals surface area contributed by atoms with E-state index >= 15 is 0 Å². The quantitative estimate of drug-likeness (QED) is 0.626. The third-order valence-corrected chi connectivity index (χ3v) is 5.54. The van der Waals surface area contributed by atoms with Crippen molar-refractivity contribution in [1.29, 1.82) is 0 Å². The molecule has 0 aliphatic heterocycles. The predicted molar refractivity (Wildman–Crippen MR) is 111 cm³/mol. The van der Waals surface area contributed by atoms with Crippen LogP contribution in [0.15, 0.2) is 83.8 Å².